The second-order valence-electron chi connectivity index (χ2n) is 7.64. The van der Waals surface area contributed by atoms with Crippen LogP contribution in [0.4, 0.5) is 10.5 Å². The van der Waals surface area contributed by atoms with Crippen molar-refractivity contribution >= 4 is 23.6 Å². The summed E-state index contributed by atoms with van der Waals surface area (Å²) in [5.74, 6) is -1.05. The van der Waals surface area contributed by atoms with Crippen LogP contribution >= 0.6 is 0 Å². The number of aromatic nitrogens is 2. The molecule has 0 unspecified atom stereocenters. The molecule has 1 fully saturated rings. The van der Waals surface area contributed by atoms with Crippen LogP contribution in [-0.2, 0) is 16.1 Å². The largest absolute Gasteiger partial charge is 0.445 e. The van der Waals surface area contributed by atoms with Gasteiger partial charge in [-0.25, -0.2) is 9.48 Å². The van der Waals surface area contributed by atoms with Crippen LogP contribution in [0.2, 0.25) is 0 Å². The maximum atomic E-state index is 12.8. The molecule has 0 aliphatic carbocycles. The number of aliphatic hydroxyl groups excluding tert-OH is 1. The predicted octanol–water partition coefficient (Wildman–Crippen LogP) is 1.68. The van der Waals surface area contributed by atoms with Gasteiger partial charge in [0.1, 0.15) is 18.3 Å². The van der Waals surface area contributed by atoms with Crippen molar-refractivity contribution in [3.05, 3.63) is 78.1 Å². The summed E-state index contributed by atoms with van der Waals surface area (Å²) in [6.07, 6.45) is 0.251. The highest BCUT2D eigenvalue weighted by molar-refractivity contribution is 5.97. The number of carbonyl (C=O) groups is 3. The second kappa shape index (κ2) is 9.53. The van der Waals surface area contributed by atoms with E-state index in [1.54, 1.807) is 30.5 Å². The number of primary amides is 1. The Morgan fingerprint density at radius 3 is 2.48 bits per heavy atom. The van der Waals surface area contributed by atoms with Gasteiger partial charge in [0.25, 0.3) is 5.91 Å². The topological polar surface area (TPSA) is 140 Å². The number of carbonyl (C=O) groups excluding carboxylic acids is 3. The fourth-order valence-corrected chi connectivity index (χ4v) is 3.59. The first kappa shape index (κ1) is 22.0. The molecule has 10 nitrogen and oxygen atoms in total. The second-order valence-corrected chi connectivity index (χ2v) is 7.64. The van der Waals surface area contributed by atoms with Gasteiger partial charge in [0.15, 0.2) is 0 Å². The summed E-state index contributed by atoms with van der Waals surface area (Å²) in [4.78, 5) is 37.8. The van der Waals surface area contributed by atoms with Gasteiger partial charge in [0.05, 0.1) is 18.3 Å². The Bertz CT molecular complexity index is 1150. The third-order valence-electron chi connectivity index (χ3n) is 5.26. The van der Waals surface area contributed by atoms with Crippen LogP contribution in [0.1, 0.15) is 22.5 Å². The molecule has 2 heterocycles. The number of hydrogen-bond donors (Lipinski definition) is 3. The van der Waals surface area contributed by atoms with Crippen molar-refractivity contribution in [2.75, 3.05) is 11.9 Å². The van der Waals surface area contributed by atoms with E-state index in [0.29, 0.717) is 11.4 Å². The molecule has 2 atom stereocenters. The van der Waals surface area contributed by atoms with E-state index in [0.717, 1.165) is 5.56 Å². The summed E-state index contributed by atoms with van der Waals surface area (Å²) >= 11 is 0. The number of amides is 3. The lowest BCUT2D eigenvalue weighted by atomic mass is 10.2. The first-order chi connectivity index (χ1) is 15.9. The lowest BCUT2D eigenvalue weighted by Crippen LogP contribution is -2.43. The summed E-state index contributed by atoms with van der Waals surface area (Å²) in [5, 5.41) is 16.9. The fraction of sp³-hybridized carbons (Fsp3) is 0.217. The highest BCUT2D eigenvalue weighted by atomic mass is 16.6. The average Bonchev–Trinajstić information content (AvgIpc) is 3.46. The standard InChI is InChI=1S/C23H23N5O5/c24-21(30)19-10-11-28(26-19)17-8-6-16(7-9-17)25-22(31)20-12-18(29)13-27(20)23(32)33-14-15-4-2-1-3-5-15/h1-11,18,20,29H,12-14H2,(H2,24,30)(H,25,31)/t18-,20+/m1/s1. The van der Waals surface area contributed by atoms with Gasteiger partial charge in [-0.3, -0.25) is 14.5 Å². The molecule has 0 bridgehead atoms. The maximum absolute atomic E-state index is 12.8. The molecule has 10 heteroatoms. The number of nitrogens with two attached hydrogens (primary N) is 1. The molecule has 3 aromatic rings. The van der Waals surface area contributed by atoms with Gasteiger partial charge in [-0.2, -0.15) is 5.10 Å². The number of β-amino-alcohol motifs (C(OH)–C–C–N with tert-alkyl or cyclic N) is 1. The molecule has 33 heavy (non-hydrogen) atoms. The monoisotopic (exact) mass is 449 g/mol. The molecule has 0 radical (unpaired) electrons. The molecule has 170 valence electrons. The van der Waals surface area contributed by atoms with Crippen molar-refractivity contribution < 1.29 is 24.2 Å². The number of nitrogens with zero attached hydrogens (tertiary/aromatic N) is 3. The summed E-state index contributed by atoms with van der Waals surface area (Å²) in [7, 11) is 0. The number of benzene rings is 2. The first-order valence-corrected chi connectivity index (χ1v) is 10.3. The van der Waals surface area contributed by atoms with Gasteiger partial charge >= 0.3 is 6.09 Å². The Morgan fingerprint density at radius 2 is 1.82 bits per heavy atom. The molecule has 4 N–H and O–H groups in total. The third-order valence-corrected chi connectivity index (χ3v) is 5.26. The fourth-order valence-electron chi connectivity index (χ4n) is 3.59. The lowest BCUT2D eigenvalue weighted by molar-refractivity contribution is -0.120. The van der Waals surface area contributed by atoms with E-state index in [-0.39, 0.29) is 25.3 Å². The van der Waals surface area contributed by atoms with E-state index in [4.69, 9.17) is 10.5 Å². The summed E-state index contributed by atoms with van der Waals surface area (Å²) in [5.41, 5.74) is 7.36. The number of nitrogens with one attached hydrogen (secondary N) is 1. The maximum Gasteiger partial charge on any atom is 0.410 e. The Balaban J connectivity index is 1.38. The average molecular weight is 449 g/mol. The van der Waals surface area contributed by atoms with E-state index in [1.807, 2.05) is 30.3 Å². The van der Waals surface area contributed by atoms with E-state index in [1.165, 1.54) is 15.6 Å². The van der Waals surface area contributed by atoms with E-state index in [2.05, 4.69) is 10.4 Å². The van der Waals surface area contributed by atoms with Crippen LogP contribution in [0.15, 0.2) is 66.9 Å². The zero-order valence-corrected chi connectivity index (χ0v) is 17.6. The Hall–Kier alpha value is -4.18. The molecule has 1 aromatic heterocycles. The number of likely N-dealkylation sites (tertiary alicyclic amines) is 1. The van der Waals surface area contributed by atoms with Crippen LogP contribution in [0.25, 0.3) is 5.69 Å². The minimum Gasteiger partial charge on any atom is -0.445 e. The Labute approximate surface area is 189 Å². The van der Waals surface area contributed by atoms with Crippen LogP contribution < -0.4 is 11.1 Å². The Kier molecular flexibility index (Phi) is 6.36. The van der Waals surface area contributed by atoms with Gasteiger partial charge in [0, 0.05) is 18.3 Å². The molecule has 2 aromatic carbocycles. The highest BCUT2D eigenvalue weighted by Crippen LogP contribution is 2.22. The van der Waals surface area contributed by atoms with Crippen LogP contribution in [0.5, 0.6) is 0 Å². The van der Waals surface area contributed by atoms with E-state index >= 15 is 0 Å². The van der Waals surface area contributed by atoms with Crippen molar-refractivity contribution in [3.63, 3.8) is 0 Å². The zero-order valence-electron chi connectivity index (χ0n) is 17.6. The summed E-state index contributed by atoms with van der Waals surface area (Å²) in [6.45, 7) is 0.0963. The molecule has 3 amide bonds. The molecule has 0 saturated carbocycles. The van der Waals surface area contributed by atoms with Crippen molar-refractivity contribution in [2.24, 2.45) is 5.73 Å². The van der Waals surface area contributed by atoms with Crippen molar-refractivity contribution in [2.45, 2.75) is 25.2 Å². The molecule has 4 rings (SSSR count). The van der Waals surface area contributed by atoms with Crippen molar-refractivity contribution in [3.8, 4) is 5.69 Å². The number of aliphatic hydroxyl groups is 1. The van der Waals surface area contributed by atoms with E-state index in [9.17, 15) is 19.5 Å². The minimum atomic E-state index is -0.854. The van der Waals surface area contributed by atoms with Gasteiger partial charge in [-0.15, -0.1) is 0 Å². The van der Waals surface area contributed by atoms with E-state index < -0.39 is 30.1 Å². The normalized spacial score (nSPS) is 17.5. The number of anilines is 1. The molecule has 1 saturated heterocycles. The number of hydrogen-bond acceptors (Lipinski definition) is 6. The molecule has 1 aliphatic rings. The molecule has 1 aliphatic heterocycles. The summed E-state index contributed by atoms with van der Waals surface area (Å²) in [6, 6.07) is 16.6. The first-order valence-electron chi connectivity index (χ1n) is 10.3. The SMILES string of the molecule is NC(=O)c1ccn(-c2ccc(NC(=O)[C@@H]3C[C@@H](O)CN3C(=O)OCc3ccccc3)cc2)n1. The molecule has 0 spiro atoms. The van der Waals surface area contributed by atoms with Gasteiger partial charge in [-0.05, 0) is 35.9 Å². The lowest BCUT2D eigenvalue weighted by Gasteiger charge is -2.23. The predicted molar refractivity (Wildman–Crippen MR) is 118 cm³/mol. The van der Waals surface area contributed by atoms with Gasteiger partial charge in [0.2, 0.25) is 5.91 Å². The van der Waals surface area contributed by atoms with Crippen LogP contribution in [0.3, 0.4) is 0 Å². The van der Waals surface area contributed by atoms with Crippen molar-refractivity contribution in [1.29, 1.82) is 0 Å². The van der Waals surface area contributed by atoms with Crippen molar-refractivity contribution in [1.82, 2.24) is 14.7 Å². The highest BCUT2D eigenvalue weighted by Gasteiger charge is 2.39. The molecular weight excluding hydrogens is 426 g/mol. The smallest absolute Gasteiger partial charge is 0.410 e. The molecular formula is C23H23N5O5. The minimum absolute atomic E-state index is 0.0200. The third kappa shape index (κ3) is 5.18. The quantitative estimate of drug-likeness (QED) is 0.523. The van der Waals surface area contributed by atoms with Gasteiger partial charge < -0.3 is 20.9 Å². The number of rotatable bonds is 6. The summed E-state index contributed by atoms with van der Waals surface area (Å²) < 4.78 is 6.82. The van der Waals surface area contributed by atoms with Crippen LogP contribution in [0, 0.1) is 0 Å². The zero-order chi connectivity index (χ0) is 23.4. The van der Waals surface area contributed by atoms with Gasteiger partial charge in [-0.1, -0.05) is 30.3 Å². The van der Waals surface area contributed by atoms with Crippen LogP contribution in [-0.4, -0.2) is 56.4 Å². The Morgan fingerprint density at radius 1 is 1.09 bits per heavy atom. The number of ether oxygens (including phenoxy) is 1.